The zero-order chi connectivity index (χ0) is 16.3. The van der Waals surface area contributed by atoms with Gasteiger partial charge < -0.3 is 10.0 Å². The Morgan fingerprint density at radius 3 is 2.50 bits per heavy atom. The maximum atomic E-state index is 12.5. The molecule has 0 saturated carbocycles. The molecule has 3 nitrogen and oxygen atoms in total. The number of hydrogen-bond donors (Lipinski definition) is 1. The Bertz CT molecular complexity index is 603. The summed E-state index contributed by atoms with van der Waals surface area (Å²) in [7, 11) is 0. The first-order valence-electron chi connectivity index (χ1n) is 6.81. The van der Waals surface area contributed by atoms with Gasteiger partial charge in [0.25, 0.3) is 0 Å². The van der Waals surface area contributed by atoms with E-state index in [9.17, 15) is 18.0 Å². The molecule has 6 heteroatoms. The first-order chi connectivity index (χ1) is 10.3. The molecule has 0 aliphatic carbocycles. The van der Waals surface area contributed by atoms with Gasteiger partial charge in [-0.1, -0.05) is 24.3 Å². The second kappa shape index (κ2) is 6.25. The smallest absolute Gasteiger partial charge is 0.416 e. The second-order valence-corrected chi connectivity index (χ2v) is 5.24. The van der Waals surface area contributed by atoms with Crippen LogP contribution < -0.4 is 0 Å². The van der Waals surface area contributed by atoms with E-state index in [1.54, 1.807) is 12.2 Å². The standard InChI is InChI=1S/C16H16F3NO2/c1-11-3-2-4-13(15(21)22)10-20(11)9-12-5-7-14(8-6-12)16(17,18)19/h2,4-8,10-11H,3,9H2,1H3,(H,21,22). The number of nitrogens with zero attached hydrogens (tertiary/aromatic N) is 1. The Labute approximate surface area is 126 Å². The average molecular weight is 311 g/mol. The van der Waals surface area contributed by atoms with E-state index in [-0.39, 0.29) is 11.6 Å². The summed E-state index contributed by atoms with van der Waals surface area (Å²) >= 11 is 0. The minimum absolute atomic E-state index is 0.0652. The molecule has 1 heterocycles. The normalized spacial score (nSPS) is 18.8. The first-order valence-corrected chi connectivity index (χ1v) is 6.81. The summed E-state index contributed by atoms with van der Waals surface area (Å²) in [4.78, 5) is 12.9. The largest absolute Gasteiger partial charge is 0.478 e. The molecule has 0 bridgehead atoms. The molecule has 1 N–H and O–H groups in total. The van der Waals surface area contributed by atoms with Crippen LogP contribution in [0.3, 0.4) is 0 Å². The molecule has 22 heavy (non-hydrogen) atoms. The molecule has 118 valence electrons. The van der Waals surface area contributed by atoms with Crippen LogP contribution in [0.25, 0.3) is 0 Å². The molecule has 1 atom stereocenters. The maximum Gasteiger partial charge on any atom is 0.416 e. The molecule has 1 aliphatic heterocycles. The SMILES string of the molecule is CC1CC=CC(C(=O)O)=CN1Cc1ccc(C(F)(F)F)cc1. The van der Waals surface area contributed by atoms with Crippen molar-refractivity contribution in [3.05, 3.63) is 59.3 Å². The molecular weight excluding hydrogens is 295 g/mol. The molecule has 0 fully saturated rings. The van der Waals surface area contributed by atoms with Gasteiger partial charge in [-0.25, -0.2) is 4.79 Å². The molecule has 0 saturated heterocycles. The van der Waals surface area contributed by atoms with Crippen molar-refractivity contribution < 1.29 is 23.1 Å². The van der Waals surface area contributed by atoms with Crippen molar-refractivity contribution in [1.82, 2.24) is 4.90 Å². The fourth-order valence-electron chi connectivity index (χ4n) is 2.21. The van der Waals surface area contributed by atoms with Crippen molar-refractivity contribution >= 4 is 5.97 Å². The molecule has 1 unspecified atom stereocenters. The minimum Gasteiger partial charge on any atom is -0.478 e. The van der Waals surface area contributed by atoms with E-state index >= 15 is 0 Å². The lowest BCUT2D eigenvalue weighted by atomic mass is 10.1. The van der Waals surface area contributed by atoms with Gasteiger partial charge >= 0.3 is 12.1 Å². The van der Waals surface area contributed by atoms with E-state index in [2.05, 4.69) is 0 Å². The van der Waals surface area contributed by atoms with Crippen molar-refractivity contribution in [2.75, 3.05) is 0 Å². The molecule has 0 radical (unpaired) electrons. The molecule has 0 aromatic heterocycles. The summed E-state index contributed by atoms with van der Waals surface area (Å²) in [6, 6.07) is 4.98. The predicted molar refractivity (Wildman–Crippen MR) is 75.9 cm³/mol. The van der Waals surface area contributed by atoms with Gasteiger partial charge in [0.2, 0.25) is 0 Å². The summed E-state index contributed by atoms with van der Waals surface area (Å²) in [5, 5.41) is 9.09. The van der Waals surface area contributed by atoms with Crippen LogP contribution in [0.2, 0.25) is 0 Å². The van der Waals surface area contributed by atoms with Crippen LogP contribution in [0.15, 0.2) is 48.2 Å². The number of carboxylic acids is 1. The number of alkyl halides is 3. The van der Waals surface area contributed by atoms with Gasteiger partial charge in [0, 0.05) is 18.8 Å². The van der Waals surface area contributed by atoms with Gasteiger partial charge in [-0.2, -0.15) is 13.2 Å². The summed E-state index contributed by atoms with van der Waals surface area (Å²) in [6.07, 6.45) is 1.19. The number of halogens is 3. The number of aliphatic carboxylic acids is 1. The van der Waals surface area contributed by atoms with Gasteiger partial charge in [-0.3, -0.25) is 0 Å². The van der Waals surface area contributed by atoms with Gasteiger partial charge in [0.05, 0.1) is 11.1 Å². The third kappa shape index (κ3) is 3.90. The number of carbonyl (C=O) groups is 1. The van der Waals surface area contributed by atoms with Gasteiger partial charge in [0.15, 0.2) is 0 Å². The Morgan fingerprint density at radius 1 is 1.32 bits per heavy atom. The summed E-state index contributed by atoms with van der Waals surface area (Å²) in [5.74, 6) is -1.03. The minimum atomic E-state index is -4.35. The molecule has 0 amide bonds. The van der Waals surface area contributed by atoms with Crippen LogP contribution in [-0.2, 0) is 17.5 Å². The zero-order valence-corrected chi connectivity index (χ0v) is 12.0. The first kappa shape index (κ1) is 16.1. The lowest BCUT2D eigenvalue weighted by Crippen LogP contribution is -2.27. The van der Waals surface area contributed by atoms with E-state index in [4.69, 9.17) is 5.11 Å². The fourth-order valence-corrected chi connectivity index (χ4v) is 2.21. The van der Waals surface area contributed by atoms with Gasteiger partial charge in [-0.15, -0.1) is 0 Å². The highest BCUT2D eigenvalue weighted by molar-refractivity contribution is 5.89. The molecule has 0 spiro atoms. The monoisotopic (exact) mass is 311 g/mol. The highest BCUT2D eigenvalue weighted by atomic mass is 19.4. The van der Waals surface area contributed by atoms with E-state index < -0.39 is 17.7 Å². The van der Waals surface area contributed by atoms with Crippen molar-refractivity contribution in [1.29, 1.82) is 0 Å². The zero-order valence-electron chi connectivity index (χ0n) is 12.0. The van der Waals surface area contributed by atoms with Gasteiger partial charge in [-0.05, 0) is 31.0 Å². The average Bonchev–Trinajstić information content (AvgIpc) is 2.61. The highest BCUT2D eigenvalue weighted by Gasteiger charge is 2.30. The lowest BCUT2D eigenvalue weighted by Gasteiger charge is -2.26. The van der Waals surface area contributed by atoms with E-state index in [0.717, 1.165) is 12.1 Å². The van der Waals surface area contributed by atoms with E-state index in [0.29, 0.717) is 18.5 Å². The van der Waals surface area contributed by atoms with Crippen molar-refractivity contribution in [3.8, 4) is 0 Å². The molecule has 2 rings (SSSR count). The Kier molecular flexibility index (Phi) is 4.59. The molecule has 1 aliphatic rings. The molecule has 1 aromatic carbocycles. The van der Waals surface area contributed by atoms with Crippen LogP contribution >= 0.6 is 0 Å². The maximum absolute atomic E-state index is 12.5. The Balaban J connectivity index is 2.18. The molecular formula is C16H16F3NO2. The van der Waals surface area contributed by atoms with E-state index in [1.165, 1.54) is 18.3 Å². The Morgan fingerprint density at radius 2 is 1.95 bits per heavy atom. The van der Waals surface area contributed by atoms with Crippen molar-refractivity contribution in [3.63, 3.8) is 0 Å². The summed E-state index contributed by atoms with van der Waals surface area (Å²) in [6.45, 7) is 2.30. The Hall–Kier alpha value is -2.24. The van der Waals surface area contributed by atoms with Crippen molar-refractivity contribution in [2.45, 2.75) is 32.1 Å². The third-order valence-electron chi connectivity index (χ3n) is 3.54. The topological polar surface area (TPSA) is 40.5 Å². The number of hydrogen-bond acceptors (Lipinski definition) is 2. The van der Waals surface area contributed by atoms with Crippen LogP contribution in [0.5, 0.6) is 0 Å². The third-order valence-corrected chi connectivity index (χ3v) is 3.54. The predicted octanol–water partition coefficient (Wildman–Crippen LogP) is 3.82. The quantitative estimate of drug-likeness (QED) is 0.922. The van der Waals surface area contributed by atoms with E-state index in [1.807, 2.05) is 11.8 Å². The van der Waals surface area contributed by atoms with Crippen LogP contribution in [0.4, 0.5) is 13.2 Å². The highest BCUT2D eigenvalue weighted by Crippen LogP contribution is 2.29. The van der Waals surface area contributed by atoms with Crippen LogP contribution in [0.1, 0.15) is 24.5 Å². The fraction of sp³-hybridized carbons (Fsp3) is 0.312. The van der Waals surface area contributed by atoms with Crippen LogP contribution in [0, 0.1) is 0 Å². The summed E-state index contributed by atoms with van der Waals surface area (Å²) in [5.41, 5.74) is 0.169. The molecule has 1 aromatic rings. The number of carboxylic acid groups (broad SMARTS) is 1. The van der Waals surface area contributed by atoms with Crippen molar-refractivity contribution in [2.24, 2.45) is 0 Å². The summed E-state index contributed by atoms with van der Waals surface area (Å²) < 4.78 is 37.6. The second-order valence-electron chi connectivity index (χ2n) is 5.24. The number of rotatable bonds is 3. The number of benzene rings is 1. The lowest BCUT2D eigenvalue weighted by molar-refractivity contribution is -0.137. The van der Waals surface area contributed by atoms with Crippen LogP contribution in [-0.4, -0.2) is 22.0 Å². The van der Waals surface area contributed by atoms with Gasteiger partial charge in [0.1, 0.15) is 0 Å².